The van der Waals surface area contributed by atoms with Crippen LogP contribution in [0.2, 0.25) is 0 Å². The second-order valence-electron chi connectivity index (χ2n) is 8.17. The minimum atomic E-state index is -0.711. The smallest absolute Gasteiger partial charge is 0.192 e. The van der Waals surface area contributed by atoms with Crippen LogP contribution >= 0.6 is 24.0 Å². The third-order valence-corrected chi connectivity index (χ3v) is 7.87. The van der Waals surface area contributed by atoms with Crippen molar-refractivity contribution in [3.8, 4) is 0 Å². The van der Waals surface area contributed by atoms with Gasteiger partial charge in [0.05, 0.1) is 0 Å². The summed E-state index contributed by atoms with van der Waals surface area (Å²) < 4.78 is 14.3. The predicted octanol–water partition coefficient (Wildman–Crippen LogP) is 3.19. The largest absolute Gasteiger partial charge is 0.354 e. The summed E-state index contributed by atoms with van der Waals surface area (Å²) in [6.07, 6.45) is 10.6. The van der Waals surface area contributed by atoms with Gasteiger partial charge in [-0.3, -0.25) is 4.21 Å². The summed E-state index contributed by atoms with van der Waals surface area (Å²) in [5, 5.41) is 16.0. The molecule has 166 valence electrons. The van der Waals surface area contributed by atoms with Gasteiger partial charge in [-0.15, -0.1) is 34.2 Å². The third kappa shape index (κ3) is 7.18. The molecule has 2 saturated carbocycles. The molecular formula is C20H37IN6OS. The zero-order valence-corrected chi connectivity index (χ0v) is 21.2. The quantitative estimate of drug-likeness (QED) is 0.332. The number of aliphatic imine (C=N–C) groups is 1. The predicted molar refractivity (Wildman–Crippen MR) is 130 cm³/mol. The number of rotatable bonds is 6. The Morgan fingerprint density at radius 2 is 1.79 bits per heavy atom. The number of aryl methyl sites for hydroxylation is 1. The van der Waals surface area contributed by atoms with E-state index >= 15 is 0 Å². The highest BCUT2D eigenvalue weighted by atomic mass is 127. The molecule has 0 saturated heterocycles. The van der Waals surface area contributed by atoms with Crippen molar-refractivity contribution in [2.24, 2.45) is 12.0 Å². The summed E-state index contributed by atoms with van der Waals surface area (Å²) in [4.78, 5) is 4.84. The first-order valence-corrected chi connectivity index (χ1v) is 12.2. The van der Waals surface area contributed by atoms with Crippen LogP contribution in [-0.4, -0.2) is 48.0 Å². The first-order chi connectivity index (χ1) is 13.6. The number of hydrogen-bond acceptors (Lipinski definition) is 4. The first kappa shape index (κ1) is 24.6. The van der Waals surface area contributed by atoms with E-state index in [1.807, 2.05) is 25.5 Å². The Hall–Kier alpha value is -0.710. The molecule has 1 aromatic heterocycles. The number of aromatic nitrogens is 3. The molecule has 0 aromatic carbocycles. The minimum absolute atomic E-state index is 0. The zero-order valence-electron chi connectivity index (χ0n) is 18.0. The maximum atomic E-state index is 12.3. The van der Waals surface area contributed by atoms with E-state index in [0.29, 0.717) is 23.9 Å². The fraction of sp³-hybridized carbons (Fsp3) is 0.850. The molecule has 7 nitrogen and oxygen atoms in total. The zero-order chi connectivity index (χ0) is 19.9. The van der Waals surface area contributed by atoms with Crippen LogP contribution in [0.4, 0.5) is 0 Å². The lowest BCUT2D eigenvalue weighted by Crippen LogP contribution is -2.50. The molecule has 0 spiro atoms. The molecule has 0 aliphatic heterocycles. The molecule has 2 aliphatic carbocycles. The highest BCUT2D eigenvalue weighted by molar-refractivity contribution is 14.0. The Kier molecular flexibility index (Phi) is 10.3. The van der Waals surface area contributed by atoms with Crippen molar-refractivity contribution in [1.29, 1.82) is 0 Å². The second kappa shape index (κ2) is 12.2. The van der Waals surface area contributed by atoms with Crippen LogP contribution in [0.3, 0.4) is 0 Å². The van der Waals surface area contributed by atoms with Crippen molar-refractivity contribution in [2.45, 2.75) is 95.5 Å². The van der Waals surface area contributed by atoms with Gasteiger partial charge >= 0.3 is 0 Å². The molecule has 1 heterocycles. The summed E-state index contributed by atoms with van der Waals surface area (Å²) in [5.41, 5.74) is 0. The molecule has 3 rings (SSSR count). The molecule has 0 amide bonds. The van der Waals surface area contributed by atoms with Crippen LogP contribution in [0.1, 0.15) is 76.4 Å². The summed E-state index contributed by atoms with van der Waals surface area (Å²) in [6.45, 7) is 4.49. The summed E-state index contributed by atoms with van der Waals surface area (Å²) in [5.74, 6) is 3.40. The highest BCUT2D eigenvalue weighted by Gasteiger charge is 2.26. The maximum Gasteiger partial charge on any atom is 0.192 e. The van der Waals surface area contributed by atoms with Gasteiger partial charge in [0.15, 0.2) is 11.8 Å². The topological polar surface area (TPSA) is 84.2 Å². The Balaban J connectivity index is 0.00000300. The monoisotopic (exact) mass is 536 g/mol. The fourth-order valence-electron chi connectivity index (χ4n) is 4.26. The normalized spacial score (nSPS) is 24.6. The molecule has 0 radical (unpaired) electrons. The van der Waals surface area contributed by atoms with Crippen LogP contribution in [-0.2, 0) is 24.4 Å². The van der Waals surface area contributed by atoms with E-state index in [9.17, 15) is 4.21 Å². The molecule has 3 unspecified atom stereocenters. The van der Waals surface area contributed by atoms with E-state index < -0.39 is 10.8 Å². The van der Waals surface area contributed by atoms with Crippen LogP contribution in [0.5, 0.6) is 0 Å². The molecule has 2 aliphatic rings. The number of nitrogens with zero attached hydrogens (tertiary/aromatic N) is 4. The van der Waals surface area contributed by atoms with Crippen LogP contribution in [0.15, 0.2) is 4.99 Å². The molecule has 0 bridgehead atoms. The molecule has 29 heavy (non-hydrogen) atoms. The summed E-state index contributed by atoms with van der Waals surface area (Å²) in [6, 6.07) is 0.829. The van der Waals surface area contributed by atoms with Gasteiger partial charge in [0.25, 0.3) is 0 Å². The van der Waals surface area contributed by atoms with Gasteiger partial charge in [0.1, 0.15) is 12.4 Å². The van der Waals surface area contributed by atoms with Crippen molar-refractivity contribution in [3.63, 3.8) is 0 Å². The Labute approximate surface area is 194 Å². The van der Waals surface area contributed by atoms with E-state index in [0.717, 1.165) is 49.0 Å². The van der Waals surface area contributed by atoms with Gasteiger partial charge in [-0.25, -0.2) is 4.99 Å². The second-order valence-corrected chi connectivity index (χ2v) is 10.2. The average Bonchev–Trinajstić information content (AvgIpc) is 3.04. The van der Waals surface area contributed by atoms with E-state index in [2.05, 4.69) is 20.8 Å². The first-order valence-electron chi connectivity index (χ1n) is 10.9. The van der Waals surface area contributed by atoms with Crippen molar-refractivity contribution in [2.75, 3.05) is 5.75 Å². The average molecular weight is 537 g/mol. The molecule has 2 N–H and O–H groups in total. The third-order valence-electron chi connectivity index (χ3n) is 6.13. The number of halogens is 1. The number of hydrogen-bond donors (Lipinski definition) is 2. The van der Waals surface area contributed by atoms with Gasteiger partial charge in [-0.2, -0.15) is 0 Å². The lowest BCUT2D eigenvalue weighted by molar-refractivity contribution is 0.390. The van der Waals surface area contributed by atoms with Crippen molar-refractivity contribution < 1.29 is 4.21 Å². The van der Waals surface area contributed by atoms with Crippen LogP contribution in [0.25, 0.3) is 0 Å². The summed E-state index contributed by atoms with van der Waals surface area (Å²) >= 11 is 0. The van der Waals surface area contributed by atoms with E-state index in [1.165, 1.54) is 32.1 Å². The number of guanidine groups is 1. The summed E-state index contributed by atoms with van der Waals surface area (Å²) in [7, 11) is 1.27. The number of nitrogens with one attached hydrogen (secondary N) is 2. The van der Waals surface area contributed by atoms with Gasteiger partial charge in [0, 0.05) is 40.9 Å². The van der Waals surface area contributed by atoms with Crippen molar-refractivity contribution in [1.82, 2.24) is 25.4 Å². The lowest BCUT2D eigenvalue weighted by Gasteiger charge is -2.32. The molecule has 9 heteroatoms. The van der Waals surface area contributed by atoms with Gasteiger partial charge in [-0.1, -0.05) is 32.6 Å². The molecular weight excluding hydrogens is 499 g/mol. The van der Waals surface area contributed by atoms with Gasteiger partial charge < -0.3 is 15.2 Å². The van der Waals surface area contributed by atoms with Crippen LogP contribution in [0, 0.1) is 6.92 Å². The highest BCUT2D eigenvalue weighted by Crippen LogP contribution is 2.23. The molecule has 3 atom stereocenters. The van der Waals surface area contributed by atoms with E-state index in [-0.39, 0.29) is 24.0 Å². The minimum Gasteiger partial charge on any atom is -0.354 e. The Morgan fingerprint density at radius 1 is 1.10 bits per heavy atom. The van der Waals surface area contributed by atoms with Gasteiger partial charge in [-0.05, 0) is 39.0 Å². The molecule has 2 fully saturated rings. The van der Waals surface area contributed by atoms with Crippen LogP contribution < -0.4 is 10.6 Å². The van der Waals surface area contributed by atoms with Gasteiger partial charge in [0.2, 0.25) is 0 Å². The van der Waals surface area contributed by atoms with Crippen molar-refractivity contribution in [3.05, 3.63) is 11.6 Å². The maximum absolute atomic E-state index is 12.3. The standard InChI is InChI=1S/C20H36N6OS.HI/c1-4-28(27)18-12-8-11-17(13-18)23-20(22-16-9-6-5-7-10-16)21-14-19-25-24-15(2)26(19)3;/h16-18H,4-14H2,1-3H3,(H2,21,22,23);1H. The Morgan fingerprint density at radius 3 is 2.45 bits per heavy atom. The van der Waals surface area contributed by atoms with E-state index in [1.54, 1.807) is 0 Å². The SMILES string of the molecule is CCS(=O)C1CCCC(NC(=NCc2nnc(C)n2C)NC2CCCCC2)C1.I. The lowest BCUT2D eigenvalue weighted by atomic mass is 9.94. The van der Waals surface area contributed by atoms with Crippen molar-refractivity contribution >= 4 is 40.7 Å². The molecule has 1 aromatic rings. The van der Waals surface area contributed by atoms with E-state index in [4.69, 9.17) is 4.99 Å². The fourth-order valence-corrected chi connectivity index (χ4v) is 5.60. The Bertz CT molecular complexity index is 689.